The zero-order valence-electron chi connectivity index (χ0n) is 14.6. The Morgan fingerprint density at radius 3 is 2.15 bits per heavy atom. The average molecular weight is 366 g/mol. The van der Waals surface area contributed by atoms with Crippen LogP contribution in [0.1, 0.15) is 36.9 Å². The molecule has 1 aliphatic carbocycles. The van der Waals surface area contributed by atoms with Crippen molar-refractivity contribution >= 4 is 5.69 Å². The Morgan fingerprint density at radius 1 is 1.04 bits per heavy atom. The standard InChI is InChI=1S/C20H22F4N2/c1-19(2)16(11-26-15-9-7-14(21)8-10-15)17(19)12-3-5-13(6-4-12)18(25)20(22,23)24/h3-10,16-18,26H,11,25H2,1-2H3. The van der Waals surface area contributed by atoms with Gasteiger partial charge in [-0.05, 0) is 52.6 Å². The molecule has 0 aromatic heterocycles. The van der Waals surface area contributed by atoms with Crippen molar-refractivity contribution in [1.82, 2.24) is 0 Å². The van der Waals surface area contributed by atoms with Gasteiger partial charge in [0.25, 0.3) is 0 Å². The minimum Gasteiger partial charge on any atom is -0.385 e. The molecule has 1 aliphatic rings. The second kappa shape index (κ2) is 6.58. The van der Waals surface area contributed by atoms with Crippen LogP contribution in [0.5, 0.6) is 0 Å². The van der Waals surface area contributed by atoms with Crippen LogP contribution in [0.4, 0.5) is 23.2 Å². The molecule has 0 heterocycles. The highest BCUT2D eigenvalue weighted by Crippen LogP contribution is 2.64. The van der Waals surface area contributed by atoms with Gasteiger partial charge in [-0.1, -0.05) is 38.1 Å². The molecule has 3 rings (SSSR count). The smallest absolute Gasteiger partial charge is 0.385 e. The Morgan fingerprint density at radius 2 is 1.62 bits per heavy atom. The van der Waals surface area contributed by atoms with E-state index in [-0.39, 0.29) is 22.7 Å². The van der Waals surface area contributed by atoms with Crippen LogP contribution in [0.2, 0.25) is 0 Å². The molecule has 0 radical (unpaired) electrons. The van der Waals surface area contributed by atoms with E-state index in [9.17, 15) is 17.6 Å². The number of benzene rings is 2. The predicted molar refractivity (Wildman–Crippen MR) is 94.3 cm³/mol. The van der Waals surface area contributed by atoms with Crippen LogP contribution in [0, 0.1) is 17.2 Å². The topological polar surface area (TPSA) is 38.0 Å². The third-order valence-corrected chi connectivity index (χ3v) is 5.43. The van der Waals surface area contributed by atoms with Gasteiger partial charge in [-0.15, -0.1) is 0 Å². The van der Waals surface area contributed by atoms with Crippen LogP contribution in [0.25, 0.3) is 0 Å². The molecule has 0 aliphatic heterocycles. The van der Waals surface area contributed by atoms with Crippen LogP contribution < -0.4 is 11.1 Å². The summed E-state index contributed by atoms with van der Waals surface area (Å²) < 4.78 is 51.1. The van der Waals surface area contributed by atoms with Gasteiger partial charge in [-0.25, -0.2) is 4.39 Å². The van der Waals surface area contributed by atoms with E-state index in [0.717, 1.165) is 11.3 Å². The second-order valence-corrected chi connectivity index (χ2v) is 7.48. The molecule has 140 valence electrons. The minimum absolute atomic E-state index is 0.0424. The van der Waals surface area contributed by atoms with Crippen molar-refractivity contribution < 1.29 is 17.6 Å². The molecule has 0 bridgehead atoms. The van der Waals surface area contributed by atoms with Crippen molar-refractivity contribution in [2.24, 2.45) is 17.1 Å². The minimum atomic E-state index is -4.44. The molecule has 6 heteroatoms. The summed E-state index contributed by atoms with van der Waals surface area (Å²) in [7, 11) is 0. The van der Waals surface area contributed by atoms with Crippen molar-refractivity contribution in [2.45, 2.75) is 32.0 Å². The van der Waals surface area contributed by atoms with E-state index >= 15 is 0 Å². The molecular weight excluding hydrogens is 344 g/mol. The summed E-state index contributed by atoms with van der Waals surface area (Å²) in [6.45, 7) is 5.00. The number of hydrogen-bond donors (Lipinski definition) is 2. The highest BCUT2D eigenvalue weighted by Gasteiger charge is 2.57. The van der Waals surface area contributed by atoms with E-state index in [1.54, 1.807) is 24.3 Å². The van der Waals surface area contributed by atoms with Gasteiger partial charge < -0.3 is 11.1 Å². The van der Waals surface area contributed by atoms with Crippen molar-refractivity contribution in [3.63, 3.8) is 0 Å². The van der Waals surface area contributed by atoms with Gasteiger partial charge in [0.2, 0.25) is 0 Å². The van der Waals surface area contributed by atoms with Gasteiger partial charge in [0.1, 0.15) is 11.9 Å². The van der Waals surface area contributed by atoms with Gasteiger partial charge in [0.15, 0.2) is 0 Å². The number of alkyl halides is 3. The lowest BCUT2D eigenvalue weighted by Crippen LogP contribution is -2.28. The highest BCUT2D eigenvalue weighted by molar-refractivity contribution is 5.44. The Balaban J connectivity index is 1.66. The summed E-state index contributed by atoms with van der Waals surface area (Å²) >= 11 is 0. The number of rotatable bonds is 5. The number of hydrogen-bond acceptors (Lipinski definition) is 2. The summed E-state index contributed by atoms with van der Waals surface area (Å²) in [6.07, 6.45) is -4.44. The van der Waals surface area contributed by atoms with Crippen molar-refractivity contribution in [2.75, 3.05) is 11.9 Å². The van der Waals surface area contributed by atoms with Crippen LogP contribution in [-0.2, 0) is 0 Å². The molecule has 26 heavy (non-hydrogen) atoms. The molecule has 2 aromatic carbocycles. The molecule has 2 aromatic rings. The van der Waals surface area contributed by atoms with E-state index < -0.39 is 12.2 Å². The van der Waals surface area contributed by atoms with Gasteiger partial charge in [0.05, 0.1) is 0 Å². The molecule has 1 fully saturated rings. The third kappa shape index (κ3) is 3.70. The first-order chi connectivity index (χ1) is 12.1. The molecule has 0 saturated heterocycles. The summed E-state index contributed by atoms with van der Waals surface area (Å²) in [5.41, 5.74) is 7.23. The number of halogens is 4. The van der Waals surface area contributed by atoms with Gasteiger partial charge in [0, 0.05) is 12.2 Å². The molecular formula is C20H22F4N2. The van der Waals surface area contributed by atoms with Crippen molar-refractivity contribution in [3.05, 3.63) is 65.5 Å². The Hall–Kier alpha value is -2.08. The average Bonchev–Trinajstić information content (AvgIpc) is 3.13. The van der Waals surface area contributed by atoms with Crippen LogP contribution >= 0.6 is 0 Å². The van der Waals surface area contributed by atoms with Gasteiger partial charge >= 0.3 is 6.18 Å². The summed E-state index contributed by atoms with van der Waals surface area (Å²) in [4.78, 5) is 0. The van der Waals surface area contributed by atoms with Crippen molar-refractivity contribution in [3.8, 4) is 0 Å². The zero-order valence-corrected chi connectivity index (χ0v) is 14.6. The van der Waals surface area contributed by atoms with E-state index in [4.69, 9.17) is 5.73 Å². The quantitative estimate of drug-likeness (QED) is 0.710. The van der Waals surface area contributed by atoms with Gasteiger partial charge in [-0.3, -0.25) is 0 Å². The predicted octanol–water partition coefficient (Wildman–Crippen LogP) is 5.24. The number of nitrogens with one attached hydrogen (secondary N) is 1. The summed E-state index contributed by atoms with van der Waals surface area (Å²) in [5, 5.41) is 3.30. The molecule has 0 spiro atoms. The molecule has 1 saturated carbocycles. The Kier molecular flexibility index (Phi) is 4.73. The molecule has 2 nitrogen and oxygen atoms in total. The fourth-order valence-corrected chi connectivity index (χ4v) is 3.68. The van der Waals surface area contributed by atoms with E-state index in [1.165, 1.54) is 24.3 Å². The maximum atomic E-state index is 13.0. The maximum absolute atomic E-state index is 13.0. The molecule has 0 amide bonds. The monoisotopic (exact) mass is 366 g/mol. The fourth-order valence-electron chi connectivity index (χ4n) is 3.68. The third-order valence-electron chi connectivity index (χ3n) is 5.43. The summed E-state index contributed by atoms with van der Waals surface area (Å²) in [5.74, 6) is 0.318. The Labute approximate surface area is 150 Å². The highest BCUT2D eigenvalue weighted by atomic mass is 19.4. The van der Waals surface area contributed by atoms with Gasteiger partial charge in [-0.2, -0.15) is 13.2 Å². The lowest BCUT2D eigenvalue weighted by atomic mass is 9.99. The second-order valence-electron chi connectivity index (χ2n) is 7.48. The first kappa shape index (κ1) is 18.7. The SMILES string of the molecule is CC1(C)C(CNc2ccc(F)cc2)C1c1ccc(C(N)C(F)(F)F)cc1. The van der Waals surface area contributed by atoms with E-state index in [0.29, 0.717) is 12.5 Å². The Bertz CT molecular complexity index is 751. The summed E-state index contributed by atoms with van der Waals surface area (Å²) in [6, 6.07) is 10.6. The molecule has 3 N–H and O–H groups in total. The van der Waals surface area contributed by atoms with Crippen LogP contribution in [0.3, 0.4) is 0 Å². The maximum Gasteiger partial charge on any atom is 0.407 e. The normalized spacial score (nSPS) is 22.7. The first-order valence-electron chi connectivity index (χ1n) is 8.52. The van der Waals surface area contributed by atoms with E-state index in [1.807, 2.05) is 0 Å². The lowest BCUT2D eigenvalue weighted by Gasteiger charge is -2.16. The number of nitrogens with two attached hydrogens (primary N) is 1. The van der Waals surface area contributed by atoms with Crippen molar-refractivity contribution in [1.29, 1.82) is 0 Å². The molecule has 3 unspecified atom stereocenters. The van der Waals surface area contributed by atoms with Crippen LogP contribution in [-0.4, -0.2) is 12.7 Å². The fraction of sp³-hybridized carbons (Fsp3) is 0.400. The largest absolute Gasteiger partial charge is 0.407 e. The molecule has 3 atom stereocenters. The van der Waals surface area contributed by atoms with Crippen LogP contribution in [0.15, 0.2) is 48.5 Å². The zero-order chi connectivity index (χ0) is 19.1. The first-order valence-corrected chi connectivity index (χ1v) is 8.52. The number of anilines is 1. The lowest BCUT2D eigenvalue weighted by molar-refractivity contribution is -0.149. The van der Waals surface area contributed by atoms with E-state index in [2.05, 4.69) is 19.2 Å².